The number of benzene rings is 1. The van der Waals surface area contributed by atoms with E-state index >= 15 is 0 Å². The van der Waals surface area contributed by atoms with Gasteiger partial charge in [0.25, 0.3) is 0 Å². The Kier molecular flexibility index (Phi) is 4.80. The Morgan fingerprint density at radius 2 is 2.11 bits per heavy atom. The summed E-state index contributed by atoms with van der Waals surface area (Å²) in [6.07, 6.45) is 0. The van der Waals surface area contributed by atoms with E-state index in [1.54, 1.807) is 6.92 Å². The molecular formula is C11H14FNO4S. The quantitative estimate of drug-likeness (QED) is 0.752. The summed E-state index contributed by atoms with van der Waals surface area (Å²) >= 11 is 0. The molecular weight excluding hydrogens is 261 g/mol. The molecule has 1 aromatic carbocycles. The Morgan fingerprint density at radius 3 is 2.61 bits per heavy atom. The average Bonchev–Trinajstić information content (AvgIpc) is 2.35. The summed E-state index contributed by atoms with van der Waals surface area (Å²) in [7, 11) is -2.71. The molecule has 0 saturated heterocycles. The number of carbonyl (C=O) groups is 1. The Labute approximate surface area is 105 Å². The number of carbonyl (C=O) groups excluding carboxylic acids is 1. The molecule has 0 aromatic heterocycles. The lowest BCUT2D eigenvalue weighted by atomic mass is 10.4. The zero-order valence-electron chi connectivity index (χ0n) is 10.1. The molecule has 1 aromatic rings. The standard InChI is InChI=1S/C11H14FNO4S/c1-3-13(8-11(14)17-2)18(15,16)10-6-4-5-9(12)7-10/h4-7H,3,8H2,1-2H3. The van der Waals surface area contributed by atoms with Crippen molar-refractivity contribution >= 4 is 16.0 Å². The van der Waals surface area contributed by atoms with E-state index in [2.05, 4.69) is 4.74 Å². The molecule has 0 fully saturated rings. The van der Waals surface area contributed by atoms with E-state index in [0.717, 1.165) is 16.4 Å². The van der Waals surface area contributed by atoms with Gasteiger partial charge in [0.1, 0.15) is 12.4 Å². The molecule has 0 bridgehead atoms. The van der Waals surface area contributed by atoms with Crippen LogP contribution in [0.4, 0.5) is 4.39 Å². The monoisotopic (exact) mass is 275 g/mol. The number of ether oxygens (including phenoxy) is 1. The van der Waals surface area contributed by atoms with E-state index in [4.69, 9.17) is 0 Å². The number of halogens is 1. The van der Waals surface area contributed by atoms with Gasteiger partial charge < -0.3 is 4.74 Å². The van der Waals surface area contributed by atoms with Crippen molar-refractivity contribution in [2.24, 2.45) is 0 Å². The summed E-state index contributed by atoms with van der Waals surface area (Å²) in [5.41, 5.74) is 0. The third-order valence-corrected chi connectivity index (χ3v) is 4.24. The lowest BCUT2D eigenvalue weighted by Gasteiger charge is -2.19. The Morgan fingerprint density at radius 1 is 1.44 bits per heavy atom. The van der Waals surface area contributed by atoms with Crippen molar-refractivity contribution in [1.29, 1.82) is 0 Å². The maximum atomic E-state index is 13.0. The minimum Gasteiger partial charge on any atom is -0.468 e. The van der Waals surface area contributed by atoms with Crippen LogP contribution < -0.4 is 0 Å². The molecule has 0 N–H and O–H groups in total. The summed E-state index contributed by atoms with van der Waals surface area (Å²) in [6.45, 7) is 1.28. The Balaban J connectivity index is 3.07. The summed E-state index contributed by atoms with van der Waals surface area (Å²) in [4.78, 5) is 10.9. The van der Waals surface area contributed by atoms with Crippen molar-refractivity contribution in [3.8, 4) is 0 Å². The van der Waals surface area contributed by atoms with E-state index in [1.165, 1.54) is 19.2 Å². The molecule has 0 atom stereocenters. The highest BCUT2D eigenvalue weighted by Crippen LogP contribution is 2.16. The zero-order chi connectivity index (χ0) is 13.8. The van der Waals surface area contributed by atoms with Crippen LogP contribution in [-0.4, -0.2) is 38.9 Å². The van der Waals surface area contributed by atoms with E-state index in [9.17, 15) is 17.6 Å². The second-order valence-corrected chi connectivity index (χ2v) is 5.40. The topological polar surface area (TPSA) is 63.7 Å². The van der Waals surface area contributed by atoms with Crippen molar-refractivity contribution in [2.75, 3.05) is 20.2 Å². The number of hydrogen-bond acceptors (Lipinski definition) is 4. The highest BCUT2D eigenvalue weighted by Gasteiger charge is 2.25. The number of methoxy groups -OCH3 is 1. The van der Waals surface area contributed by atoms with E-state index in [-0.39, 0.29) is 11.4 Å². The molecule has 100 valence electrons. The van der Waals surface area contributed by atoms with Crippen LogP contribution in [0.15, 0.2) is 29.2 Å². The fraction of sp³-hybridized carbons (Fsp3) is 0.364. The van der Waals surface area contributed by atoms with Crippen molar-refractivity contribution < 1.29 is 22.3 Å². The van der Waals surface area contributed by atoms with Crippen LogP contribution in [0.2, 0.25) is 0 Å². The largest absolute Gasteiger partial charge is 0.468 e. The second-order valence-electron chi connectivity index (χ2n) is 3.46. The molecule has 0 amide bonds. The van der Waals surface area contributed by atoms with Gasteiger partial charge >= 0.3 is 5.97 Å². The number of hydrogen-bond donors (Lipinski definition) is 0. The van der Waals surface area contributed by atoms with Gasteiger partial charge in [-0.05, 0) is 18.2 Å². The second kappa shape index (κ2) is 5.92. The van der Waals surface area contributed by atoms with Gasteiger partial charge in [-0.1, -0.05) is 13.0 Å². The first-order valence-electron chi connectivity index (χ1n) is 5.24. The Hall–Kier alpha value is -1.47. The van der Waals surface area contributed by atoms with Gasteiger partial charge in [-0.2, -0.15) is 4.31 Å². The molecule has 5 nitrogen and oxygen atoms in total. The minimum absolute atomic E-state index is 0.0912. The smallest absolute Gasteiger partial charge is 0.321 e. The molecule has 0 spiro atoms. The fourth-order valence-corrected chi connectivity index (χ4v) is 2.78. The van der Waals surface area contributed by atoms with Crippen LogP contribution in [0.1, 0.15) is 6.92 Å². The predicted molar refractivity (Wildman–Crippen MR) is 62.8 cm³/mol. The number of likely N-dealkylation sites (N-methyl/N-ethyl adjacent to an activating group) is 1. The highest BCUT2D eigenvalue weighted by atomic mass is 32.2. The first kappa shape index (κ1) is 14.6. The molecule has 1 rings (SSSR count). The zero-order valence-corrected chi connectivity index (χ0v) is 10.9. The molecule has 0 aliphatic rings. The highest BCUT2D eigenvalue weighted by molar-refractivity contribution is 7.89. The summed E-state index contributed by atoms with van der Waals surface area (Å²) in [5.74, 6) is -1.32. The van der Waals surface area contributed by atoms with E-state index in [1.807, 2.05) is 0 Å². The molecule has 0 aliphatic heterocycles. The van der Waals surface area contributed by atoms with Crippen LogP contribution in [0, 0.1) is 5.82 Å². The van der Waals surface area contributed by atoms with Crippen LogP contribution in [0.5, 0.6) is 0 Å². The lowest BCUT2D eigenvalue weighted by Crippen LogP contribution is -2.36. The lowest BCUT2D eigenvalue weighted by molar-refractivity contribution is -0.140. The van der Waals surface area contributed by atoms with Crippen molar-refractivity contribution in [1.82, 2.24) is 4.31 Å². The summed E-state index contributed by atoms with van der Waals surface area (Å²) in [6, 6.07) is 4.64. The van der Waals surface area contributed by atoms with Crippen LogP contribution >= 0.6 is 0 Å². The maximum Gasteiger partial charge on any atom is 0.321 e. The van der Waals surface area contributed by atoms with Crippen molar-refractivity contribution in [2.45, 2.75) is 11.8 Å². The van der Waals surface area contributed by atoms with Gasteiger partial charge in [0, 0.05) is 6.54 Å². The van der Waals surface area contributed by atoms with Gasteiger partial charge in [-0.3, -0.25) is 4.79 Å². The number of sulfonamides is 1. The molecule has 0 aliphatic carbocycles. The molecule has 0 radical (unpaired) electrons. The van der Waals surface area contributed by atoms with E-state index < -0.39 is 28.4 Å². The van der Waals surface area contributed by atoms with E-state index in [0.29, 0.717) is 0 Å². The van der Waals surface area contributed by atoms with Crippen molar-refractivity contribution in [3.63, 3.8) is 0 Å². The van der Waals surface area contributed by atoms with Gasteiger partial charge in [0.05, 0.1) is 12.0 Å². The number of nitrogens with zero attached hydrogens (tertiary/aromatic N) is 1. The number of rotatable bonds is 5. The van der Waals surface area contributed by atoms with Crippen LogP contribution in [-0.2, 0) is 19.6 Å². The van der Waals surface area contributed by atoms with Gasteiger partial charge in [-0.15, -0.1) is 0 Å². The molecule has 7 heteroatoms. The maximum absolute atomic E-state index is 13.0. The first-order chi connectivity index (χ1) is 8.41. The third kappa shape index (κ3) is 3.27. The Bertz CT molecular complexity index is 530. The number of esters is 1. The van der Waals surface area contributed by atoms with Crippen molar-refractivity contribution in [3.05, 3.63) is 30.1 Å². The van der Waals surface area contributed by atoms with Crippen LogP contribution in [0.3, 0.4) is 0 Å². The molecule has 0 heterocycles. The molecule has 0 unspecified atom stereocenters. The SMILES string of the molecule is CCN(CC(=O)OC)S(=O)(=O)c1cccc(F)c1. The summed E-state index contributed by atoms with van der Waals surface area (Å²) in [5, 5.41) is 0. The first-order valence-corrected chi connectivity index (χ1v) is 6.68. The fourth-order valence-electron chi connectivity index (χ4n) is 1.35. The minimum atomic E-state index is -3.89. The third-order valence-electron chi connectivity index (χ3n) is 2.32. The van der Waals surface area contributed by atoms with Gasteiger partial charge in [0.15, 0.2) is 0 Å². The average molecular weight is 275 g/mol. The summed E-state index contributed by atoms with van der Waals surface area (Å²) < 4.78 is 42.6. The predicted octanol–water partition coefficient (Wildman–Crippen LogP) is 1.01. The van der Waals surface area contributed by atoms with Crippen LogP contribution in [0.25, 0.3) is 0 Å². The molecule has 18 heavy (non-hydrogen) atoms. The molecule has 0 saturated carbocycles. The normalized spacial score (nSPS) is 11.6. The van der Waals surface area contributed by atoms with Gasteiger partial charge in [-0.25, -0.2) is 12.8 Å². The van der Waals surface area contributed by atoms with Gasteiger partial charge in [0.2, 0.25) is 10.0 Å².